The summed E-state index contributed by atoms with van der Waals surface area (Å²) in [5.74, 6) is -0.263. The van der Waals surface area contributed by atoms with Crippen LogP contribution in [0, 0.1) is 5.82 Å². The van der Waals surface area contributed by atoms with Crippen molar-refractivity contribution in [3.8, 4) is 11.3 Å². The first-order valence-corrected chi connectivity index (χ1v) is 11.8. The molecule has 0 radical (unpaired) electrons. The zero-order valence-corrected chi connectivity index (χ0v) is 19.0. The molecule has 0 atom stereocenters. The van der Waals surface area contributed by atoms with E-state index in [0.29, 0.717) is 12.8 Å². The molecule has 1 N–H and O–H groups in total. The zero-order valence-electron chi connectivity index (χ0n) is 17.4. The number of benzene rings is 3. The molecule has 0 spiro atoms. The fourth-order valence-corrected chi connectivity index (χ4v) is 5.21. The molecule has 0 bridgehead atoms. The summed E-state index contributed by atoms with van der Waals surface area (Å²) >= 11 is 7.59. The maximum absolute atomic E-state index is 13.6. The van der Waals surface area contributed by atoms with Crippen LogP contribution in [0.2, 0.25) is 5.02 Å². The van der Waals surface area contributed by atoms with Crippen LogP contribution < -0.4 is 0 Å². The number of aromatic amines is 1. The number of hydrogen-bond acceptors (Lipinski definition) is 3. The van der Waals surface area contributed by atoms with Crippen molar-refractivity contribution in [1.29, 1.82) is 0 Å². The lowest BCUT2D eigenvalue weighted by Gasteiger charge is -2.04. The number of nitrogens with zero attached hydrogens (tertiary/aromatic N) is 3. The van der Waals surface area contributed by atoms with E-state index in [1.54, 1.807) is 23.5 Å². The van der Waals surface area contributed by atoms with Gasteiger partial charge < -0.3 is 4.98 Å². The first kappa shape index (κ1) is 20.1. The van der Waals surface area contributed by atoms with E-state index in [1.165, 1.54) is 23.1 Å². The van der Waals surface area contributed by atoms with Crippen molar-refractivity contribution in [2.45, 2.75) is 12.8 Å². The predicted octanol–water partition coefficient (Wildman–Crippen LogP) is 6.91. The second kappa shape index (κ2) is 8.14. The summed E-state index contributed by atoms with van der Waals surface area (Å²) in [6, 6.07) is 22.6. The van der Waals surface area contributed by atoms with Crippen LogP contribution in [0.5, 0.6) is 0 Å². The number of hydrogen-bond donors (Lipinski definition) is 1. The fraction of sp³-hybridized carbons (Fsp3) is 0.0769. The van der Waals surface area contributed by atoms with Crippen molar-refractivity contribution < 1.29 is 4.39 Å². The Labute approximate surface area is 198 Å². The summed E-state index contributed by atoms with van der Waals surface area (Å²) in [4.78, 5) is 9.09. The summed E-state index contributed by atoms with van der Waals surface area (Å²) in [5.41, 5.74) is 6.11. The van der Waals surface area contributed by atoms with E-state index in [-0.39, 0.29) is 5.82 Å². The Hall–Kier alpha value is -3.48. The maximum Gasteiger partial charge on any atom is 0.212 e. The molecular weight excluding hydrogens is 455 g/mol. The monoisotopic (exact) mass is 472 g/mol. The van der Waals surface area contributed by atoms with Crippen LogP contribution in [0.3, 0.4) is 0 Å². The lowest BCUT2D eigenvalue weighted by atomic mass is 10.0. The number of para-hydroxylation sites is 1. The zero-order chi connectivity index (χ0) is 22.4. The average molecular weight is 473 g/mol. The molecule has 6 rings (SSSR count). The van der Waals surface area contributed by atoms with Gasteiger partial charge >= 0.3 is 0 Å². The smallest absolute Gasteiger partial charge is 0.212 e. The Bertz CT molecular complexity index is 1580. The first-order chi connectivity index (χ1) is 16.1. The van der Waals surface area contributed by atoms with Crippen LogP contribution in [0.4, 0.5) is 4.39 Å². The number of fused-ring (bicyclic) bond motifs is 2. The fourth-order valence-electron chi connectivity index (χ4n) is 4.13. The van der Waals surface area contributed by atoms with E-state index in [1.807, 2.05) is 47.1 Å². The lowest BCUT2D eigenvalue weighted by Crippen LogP contribution is -1.99. The molecule has 6 aromatic rings. The van der Waals surface area contributed by atoms with Crippen molar-refractivity contribution in [3.05, 3.63) is 112 Å². The molecular formula is C26H18ClFN4S. The molecule has 3 heterocycles. The molecule has 0 saturated heterocycles. The van der Waals surface area contributed by atoms with E-state index in [9.17, 15) is 4.39 Å². The molecule has 3 aromatic carbocycles. The minimum atomic E-state index is -0.263. The number of aromatic nitrogens is 4. The third-order valence-electron chi connectivity index (χ3n) is 5.76. The van der Waals surface area contributed by atoms with E-state index in [0.717, 1.165) is 43.0 Å². The van der Waals surface area contributed by atoms with E-state index >= 15 is 0 Å². The van der Waals surface area contributed by atoms with Gasteiger partial charge in [0.1, 0.15) is 10.8 Å². The number of imidazole rings is 1. The van der Waals surface area contributed by atoms with Crippen molar-refractivity contribution in [2.24, 2.45) is 0 Å². The van der Waals surface area contributed by atoms with E-state index in [4.69, 9.17) is 21.7 Å². The van der Waals surface area contributed by atoms with Crippen molar-refractivity contribution in [2.75, 3.05) is 0 Å². The van der Waals surface area contributed by atoms with Crippen molar-refractivity contribution in [3.63, 3.8) is 0 Å². The molecule has 0 unspecified atom stereocenters. The molecule has 0 aliphatic rings. The minimum absolute atomic E-state index is 0.263. The molecule has 4 nitrogen and oxygen atoms in total. The standard InChI is InChI=1S/C26H18ClFN4S/c27-19-9-5-16(6-10-19)13-24-31-32-23(14-18-15-29-22-4-2-1-3-21(18)22)25(30-26(32)33-24)17-7-11-20(28)12-8-17/h1-12,15,29H,13-14H2. The topological polar surface area (TPSA) is 46.0 Å². The summed E-state index contributed by atoms with van der Waals surface area (Å²) in [7, 11) is 0. The largest absolute Gasteiger partial charge is 0.361 e. The Morgan fingerprint density at radius 2 is 1.73 bits per heavy atom. The molecule has 3 aromatic heterocycles. The molecule has 0 aliphatic carbocycles. The van der Waals surface area contributed by atoms with Crippen LogP contribution in [0.25, 0.3) is 27.1 Å². The normalized spacial score (nSPS) is 11.6. The molecule has 7 heteroatoms. The third-order valence-corrected chi connectivity index (χ3v) is 6.92. The Balaban J connectivity index is 1.45. The highest BCUT2D eigenvalue weighted by atomic mass is 35.5. The van der Waals surface area contributed by atoms with E-state index < -0.39 is 0 Å². The van der Waals surface area contributed by atoms with Gasteiger partial charge in [-0.05, 0) is 53.6 Å². The molecule has 0 saturated carbocycles. The second-order valence-corrected chi connectivity index (χ2v) is 9.42. The number of rotatable bonds is 5. The van der Waals surface area contributed by atoms with Gasteiger partial charge in [-0.3, -0.25) is 0 Å². The van der Waals surface area contributed by atoms with Crippen molar-refractivity contribution in [1.82, 2.24) is 19.6 Å². The van der Waals surface area contributed by atoms with Crippen LogP contribution in [-0.2, 0) is 12.8 Å². The highest BCUT2D eigenvalue weighted by Crippen LogP contribution is 2.31. The quantitative estimate of drug-likeness (QED) is 0.296. The minimum Gasteiger partial charge on any atom is -0.361 e. The van der Waals surface area contributed by atoms with Crippen molar-refractivity contribution >= 4 is 38.8 Å². The number of nitrogens with one attached hydrogen (secondary N) is 1. The molecule has 0 fully saturated rings. The Morgan fingerprint density at radius 3 is 2.55 bits per heavy atom. The summed E-state index contributed by atoms with van der Waals surface area (Å²) in [6.45, 7) is 0. The third kappa shape index (κ3) is 3.81. The van der Waals surface area contributed by atoms with Gasteiger partial charge in [0.25, 0.3) is 0 Å². The van der Waals surface area contributed by atoms with Gasteiger partial charge in [0.05, 0.1) is 11.4 Å². The van der Waals surface area contributed by atoms with Gasteiger partial charge in [0.2, 0.25) is 4.96 Å². The maximum atomic E-state index is 13.6. The van der Waals surface area contributed by atoms with Gasteiger partial charge in [-0.1, -0.05) is 53.3 Å². The van der Waals surface area contributed by atoms with Gasteiger partial charge in [0.15, 0.2) is 0 Å². The number of H-pyrrole nitrogens is 1. The number of halogens is 2. The molecule has 33 heavy (non-hydrogen) atoms. The molecule has 0 aliphatic heterocycles. The van der Waals surface area contributed by atoms with Gasteiger partial charge in [-0.2, -0.15) is 5.10 Å². The first-order valence-electron chi connectivity index (χ1n) is 10.6. The highest BCUT2D eigenvalue weighted by molar-refractivity contribution is 7.16. The van der Waals surface area contributed by atoms with E-state index in [2.05, 4.69) is 17.1 Å². The molecule has 0 amide bonds. The summed E-state index contributed by atoms with van der Waals surface area (Å²) in [6.07, 6.45) is 3.41. The second-order valence-electron chi connectivity index (χ2n) is 7.94. The van der Waals surface area contributed by atoms with Gasteiger partial charge in [-0.15, -0.1) is 0 Å². The summed E-state index contributed by atoms with van der Waals surface area (Å²) in [5, 5.41) is 7.78. The SMILES string of the molecule is Fc1ccc(-c2nc3sc(Cc4ccc(Cl)cc4)nn3c2Cc2c[nH]c3ccccc23)cc1. The van der Waals surface area contributed by atoms with Gasteiger partial charge in [-0.25, -0.2) is 13.9 Å². The van der Waals surface area contributed by atoms with Crippen LogP contribution >= 0.6 is 22.9 Å². The van der Waals surface area contributed by atoms with Gasteiger partial charge in [0, 0.05) is 40.5 Å². The van der Waals surface area contributed by atoms with Crippen LogP contribution in [0.1, 0.15) is 21.8 Å². The Kier molecular flexibility index (Phi) is 4.97. The Morgan fingerprint density at radius 1 is 0.939 bits per heavy atom. The van der Waals surface area contributed by atoms with Crippen LogP contribution in [-0.4, -0.2) is 19.6 Å². The predicted molar refractivity (Wildman–Crippen MR) is 132 cm³/mol. The molecule has 162 valence electrons. The highest BCUT2D eigenvalue weighted by Gasteiger charge is 2.20. The average Bonchev–Trinajstić information content (AvgIpc) is 3.50. The summed E-state index contributed by atoms with van der Waals surface area (Å²) < 4.78 is 15.5. The lowest BCUT2D eigenvalue weighted by molar-refractivity contribution is 0.628. The van der Waals surface area contributed by atoms with Crippen LogP contribution in [0.15, 0.2) is 79.0 Å².